The van der Waals surface area contributed by atoms with Gasteiger partial charge >= 0.3 is 0 Å². The van der Waals surface area contributed by atoms with Crippen LogP contribution in [0.4, 0.5) is 11.9 Å². The van der Waals surface area contributed by atoms with Crippen molar-refractivity contribution in [3.05, 3.63) is 21.9 Å². The molecule has 0 atom stereocenters. The first-order valence-electron chi connectivity index (χ1n) is 5.44. The number of rotatable bonds is 4. The Kier molecular flexibility index (Phi) is 3.33. The number of thiophene rings is 1. The highest BCUT2D eigenvalue weighted by Crippen LogP contribution is 2.17. The second-order valence-electron chi connectivity index (χ2n) is 4.14. The third-order valence-corrected chi connectivity index (χ3v) is 3.47. The molecule has 0 bridgehead atoms. The largest absolute Gasteiger partial charge is 0.349 e. The number of hydrogen-bond donors (Lipinski definition) is 1. The maximum Gasteiger partial charge on any atom is 0.227 e. The van der Waals surface area contributed by atoms with E-state index in [4.69, 9.17) is 0 Å². The van der Waals surface area contributed by atoms with Crippen molar-refractivity contribution in [1.82, 2.24) is 14.8 Å². The minimum atomic E-state index is 0.790. The summed E-state index contributed by atoms with van der Waals surface area (Å²) in [4.78, 5) is 4.57. The Morgan fingerprint density at radius 2 is 2.12 bits per heavy atom. The Balaban J connectivity index is 2.04. The molecule has 0 radical (unpaired) electrons. The van der Waals surface area contributed by atoms with Gasteiger partial charge in [0.15, 0.2) is 0 Å². The quantitative estimate of drug-likeness (QED) is 0.901. The van der Waals surface area contributed by atoms with Gasteiger partial charge < -0.3 is 10.2 Å². The Labute approximate surface area is 105 Å². The normalized spacial score (nSPS) is 10.6. The molecule has 17 heavy (non-hydrogen) atoms. The molecule has 5 nitrogen and oxygen atoms in total. The fourth-order valence-electron chi connectivity index (χ4n) is 1.61. The lowest BCUT2D eigenvalue weighted by atomic mass is 10.4. The summed E-state index contributed by atoms with van der Waals surface area (Å²) in [6, 6.07) is 4.26. The summed E-state index contributed by atoms with van der Waals surface area (Å²) in [6.45, 7) is 2.90. The van der Waals surface area contributed by atoms with Crippen molar-refractivity contribution in [2.75, 3.05) is 24.3 Å². The standard InChI is InChI=1S/C11H17N5S/c1-8-5-6-9(17-8)7-12-10-13-14-11(15(2)3)16(10)4/h5-6H,7H2,1-4H3,(H,12,13). The highest BCUT2D eigenvalue weighted by atomic mass is 32.1. The number of anilines is 2. The minimum Gasteiger partial charge on any atom is -0.349 e. The van der Waals surface area contributed by atoms with Crippen LogP contribution in [0.3, 0.4) is 0 Å². The van der Waals surface area contributed by atoms with E-state index in [1.54, 1.807) is 11.3 Å². The zero-order valence-electron chi connectivity index (χ0n) is 10.6. The molecule has 2 rings (SSSR count). The van der Waals surface area contributed by atoms with Gasteiger partial charge in [-0.25, -0.2) is 0 Å². The van der Waals surface area contributed by atoms with Crippen molar-refractivity contribution in [3.8, 4) is 0 Å². The van der Waals surface area contributed by atoms with Crippen LogP contribution in [0.5, 0.6) is 0 Å². The van der Waals surface area contributed by atoms with Crippen LogP contribution < -0.4 is 10.2 Å². The summed E-state index contributed by atoms with van der Waals surface area (Å²) in [6.07, 6.45) is 0. The summed E-state index contributed by atoms with van der Waals surface area (Å²) < 4.78 is 1.94. The lowest BCUT2D eigenvalue weighted by Gasteiger charge is -2.11. The van der Waals surface area contributed by atoms with E-state index >= 15 is 0 Å². The monoisotopic (exact) mass is 251 g/mol. The average Bonchev–Trinajstić information content (AvgIpc) is 2.82. The molecular formula is C11H17N5S. The number of nitrogens with zero attached hydrogens (tertiary/aromatic N) is 4. The van der Waals surface area contributed by atoms with E-state index in [1.807, 2.05) is 30.6 Å². The molecule has 0 unspecified atom stereocenters. The first kappa shape index (κ1) is 11.9. The number of nitrogens with one attached hydrogen (secondary N) is 1. The second-order valence-corrected chi connectivity index (χ2v) is 5.52. The molecule has 0 fully saturated rings. The van der Waals surface area contributed by atoms with Gasteiger partial charge in [-0.05, 0) is 19.1 Å². The Morgan fingerprint density at radius 3 is 2.65 bits per heavy atom. The van der Waals surface area contributed by atoms with E-state index in [-0.39, 0.29) is 0 Å². The van der Waals surface area contributed by atoms with Crippen LogP contribution in [0.2, 0.25) is 0 Å². The van der Waals surface area contributed by atoms with E-state index < -0.39 is 0 Å². The van der Waals surface area contributed by atoms with Crippen molar-refractivity contribution in [2.45, 2.75) is 13.5 Å². The Morgan fingerprint density at radius 1 is 1.35 bits per heavy atom. The van der Waals surface area contributed by atoms with Crippen LogP contribution in [0, 0.1) is 6.92 Å². The van der Waals surface area contributed by atoms with Crippen molar-refractivity contribution < 1.29 is 0 Å². The SMILES string of the molecule is Cc1ccc(CNc2nnc(N(C)C)n2C)s1. The fraction of sp³-hybridized carbons (Fsp3) is 0.455. The van der Waals surface area contributed by atoms with Gasteiger partial charge in [0, 0.05) is 30.9 Å². The van der Waals surface area contributed by atoms with Gasteiger partial charge in [0.05, 0.1) is 6.54 Å². The van der Waals surface area contributed by atoms with Gasteiger partial charge in [0.1, 0.15) is 0 Å². The van der Waals surface area contributed by atoms with E-state index in [1.165, 1.54) is 9.75 Å². The molecule has 2 heterocycles. The molecule has 0 saturated heterocycles. The third-order valence-electron chi connectivity index (χ3n) is 2.47. The van der Waals surface area contributed by atoms with Crippen LogP contribution in [0.1, 0.15) is 9.75 Å². The zero-order valence-corrected chi connectivity index (χ0v) is 11.4. The van der Waals surface area contributed by atoms with Crippen LogP contribution >= 0.6 is 11.3 Å². The maximum absolute atomic E-state index is 4.12. The van der Waals surface area contributed by atoms with Crippen molar-refractivity contribution in [1.29, 1.82) is 0 Å². The summed E-state index contributed by atoms with van der Waals surface area (Å²) in [7, 11) is 5.87. The molecule has 0 aliphatic carbocycles. The van der Waals surface area contributed by atoms with Gasteiger partial charge in [-0.2, -0.15) is 0 Å². The van der Waals surface area contributed by atoms with Crippen molar-refractivity contribution >= 4 is 23.2 Å². The van der Waals surface area contributed by atoms with Crippen LogP contribution in [-0.4, -0.2) is 28.9 Å². The number of aromatic nitrogens is 3. The van der Waals surface area contributed by atoms with Gasteiger partial charge in [-0.15, -0.1) is 21.5 Å². The summed E-state index contributed by atoms with van der Waals surface area (Å²) in [5, 5.41) is 11.5. The Bertz CT molecular complexity index is 500. The van der Waals surface area contributed by atoms with Gasteiger partial charge in [0.2, 0.25) is 11.9 Å². The molecule has 92 valence electrons. The predicted octanol–water partition coefficient (Wildman–Crippen LogP) is 1.86. The second kappa shape index (κ2) is 4.75. The van der Waals surface area contributed by atoms with Gasteiger partial charge in [-0.3, -0.25) is 4.57 Å². The lowest BCUT2D eigenvalue weighted by Crippen LogP contribution is -2.14. The molecule has 0 amide bonds. The van der Waals surface area contributed by atoms with Crippen LogP contribution in [-0.2, 0) is 13.6 Å². The molecule has 0 aliphatic rings. The smallest absolute Gasteiger partial charge is 0.227 e. The third kappa shape index (κ3) is 2.58. The molecule has 0 spiro atoms. The topological polar surface area (TPSA) is 46.0 Å². The lowest BCUT2D eigenvalue weighted by molar-refractivity contribution is 0.864. The highest BCUT2D eigenvalue weighted by Gasteiger charge is 2.09. The van der Waals surface area contributed by atoms with E-state index in [0.717, 1.165) is 18.4 Å². The highest BCUT2D eigenvalue weighted by molar-refractivity contribution is 7.11. The fourth-order valence-corrected chi connectivity index (χ4v) is 2.44. The number of aryl methyl sites for hydroxylation is 1. The van der Waals surface area contributed by atoms with Crippen LogP contribution in [0.25, 0.3) is 0 Å². The van der Waals surface area contributed by atoms with E-state index in [2.05, 4.69) is 34.6 Å². The molecule has 0 saturated carbocycles. The molecule has 1 N–H and O–H groups in total. The molecule has 6 heteroatoms. The first-order valence-corrected chi connectivity index (χ1v) is 6.25. The Hall–Kier alpha value is -1.56. The first-order chi connectivity index (χ1) is 8.08. The maximum atomic E-state index is 4.12. The van der Waals surface area contributed by atoms with Crippen molar-refractivity contribution in [3.63, 3.8) is 0 Å². The van der Waals surface area contributed by atoms with Crippen LogP contribution in [0.15, 0.2) is 12.1 Å². The molecule has 0 aliphatic heterocycles. The zero-order chi connectivity index (χ0) is 12.4. The van der Waals surface area contributed by atoms with E-state index in [0.29, 0.717) is 0 Å². The minimum absolute atomic E-state index is 0.790. The van der Waals surface area contributed by atoms with E-state index in [9.17, 15) is 0 Å². The van der Waals surface area contributed by atoms with Gasteiger partial charge in [-0.1, -0.05) is 0 Å². The molecule has 2 aromatic rings. The summed E-state index contributed by atoms with van der Waals surface area (Å²) in [5.74, 6) is 1.63. The average molecular weight is 251 g/mol. The molecule has 2 aromatic heterocycles. The molecular weight excluding hydrogens is 234 g/mol. The summed E-state index contributed by atoms with van der Waals surface area (Å²) >= 11 is 1.80. The van der Waals surface area contributed by atoms with Gasteiger partial charge in [0.25, 0.3) is 0 Å². The predicted molar refractivity (Wildman–Crippen MR) is 71.7 cm³/mol. The molecule has 0 aromatic carbocycles. The summed E-state index contributed by atoms with van der Waals surface area (Å²) in [5.41, 5.74) is 0. The number of hydrogen-bond acceptors (Lipinski definition) is 5. The van der Waals surface area contributed by atoms with Crippen molar-refractivity contribution in [2.24, 2.45) is 7.05 Å².